The van der Waals surface area contributed by atoms with Crippen LogP contribution >= 0.6 is 0 Å². The summed E-state index contributed by atoms with van der Waals surface area (Å²) in [5, 5.41) is 9.76. The SMILES string of the molecule is CCC(O)c1ccc(N(C)c2ccccc2)cc1. The first-order valence-corrected chi connectivity index (χ1v) is 6.29. The number of nitrogens with zero attached hydrogens (tertiary/aromatic N) is 1. The zero-order valence-electron chi connectivity index (χ0n) is 10.9. The van der Waals surface area contributed by atoms with Crippen molar-refractivity contribution in [3.05, 3.63) is 60.2 Å². The van der Waals surface area contributed by atoms with Gasteiger partial charge in [-0.15, -0.1) is 0 Å². The van der Waals surface area contributed by atoms with Gasteiger partial charge in [-0.1, -0.05) is 37.3 Å². The number of aliphatic hydroxyl groups excluding tert-OH is 1. The average Bonchev–Trinajstić information content (AvgIpc) is 2.47. The van der Waals surface area contributed by atoms with Crippen LogP contribution in [0.2, 0.25) is 0 Å². The summed E-state index contributed by atoms with van der Waals surface area (Å²) in [6.07, 6.45) is 0.384. The number of aliphatic hydroxyl groups is 1. The van der Waals surface area contributed by atoms with Gasteiger partial charge in [0.25, 0.3) is 0 Å². The highest BCUT2D eigenvalue weighted by molar-refractivity contribution is 5.62. The van der Waals surface area contributed by atoms with E-state index in [1.54, 1.807) is 0 Å². The largest absolute Gasteiger partial charge is 0.388 e. The molecule has 2 aromatic carbocycles. The van der Waals surface area contributed by atoms with E-state index in [0.717, 1.165) is 23.4 Å². The first-order chi connectivity index (χ1) is 8.72. The molecule has 0 heterocycles. The minimum absolute atomic E-state index is 0.360. The summed E-state index contributed by atoms with van der Waals surface area (Å²) in [4.78, 5) is 2.13. The van der Waals surface area contributed by atoms with Crippen LogP contribution in [0.5, 0.6) is 0 Å². The number of hydrogen-bond acceptors (Lipinski definition) is 2. The van der Waals surface area contributed by atoms with Crippen molar-refractivity contribution in [1.29, 1.82) is 0 Å². The predicted molar refractivity (Wildman–Crippen MR) is 76.2 cm³/mol. The summed E-state index contributed by atoms with van der Waals surface area (Å²) in [7, 11) is 2.04. The molecule has 0 amide bonds. The molecule has 0 saturated heterocycles. The van der Waals surface area contributed by atoms with E-state index in [2.05, 4.69) is 17.0 Å². The molecule has 2 rings (SSSR count). The first-order valence-electron chi connectivity index (χ1n) is 6.29. The molecule has 94 valence electrons. The topological polar surface area (TPSA) is 23.5 Å². The zero-order valence-corrected chi connectivity index (χ0v) is 10.9. The molecule has 2 heteroatoms. The van der Waals surface area contributed by atoms with Gasteiger partial charge in [0, 0.05) is 18.4 Å². The van der Waals surface area contributed by atoms with Gasteiger partial charge in [0.2, 0.25) is 0 Å². The van der Waals surface area contributed by atoms with Crippen LogP contribution in [0.1, 0.15) is 25.0 Å². The van der Waals surface area contributed by atoms with Crippen molar-refractivity contribution in [2.75, 3.05) is 11.9 Å². The van der Waals surface area contributed by atoms with E-state index in [9.17, 15) is 5.11 Å². The van der Waals surface area contributed by atoms with Gasteiger partial charge in [0.05, 0.1) is 6.10 Å². The van der Waals surface area contributed by atoms with Crippen molar-refractivity contribution in [3.8, 4) is 0 Å². The quantitative estimate of drug-likeness (QED) is 0.877. The summed E-state index contributed by atoms with van der Waals surface area (Å²) in [6, 6.07) is 18.3. The maximum Gasteiger partial charge on any atom is 0.0787 e. The van der Waals surface area contributed by atoms with Crippen LogP contribution in [-0.2, 0) is 0 Å². The van der Waals surface area contributed by atoms with Gasteiger partial charge in [0.1, 0.15) is 0 Å². The van der Waals surface area contributed by atoms with Crippen LogP contribution in [-0.4, -0.2) is 12.2 Å². The van der Waals surface area contributed by atoms with Crippen molar-refractivity contribution < 1.29 is 5.11 Å². The maximum absolute atomic E-state index is 9.76. The molecule has 18 heavy (non-hydrogen) atoms. The second kappa shape index (κ2) is 5.69. The standard InChI is InChI=1S/C16H19NO/c1-3-16(18)13-9-11-15(12-10-13)17(2)14-7-5-4-6-8-14/h4-12,16,18H,3H2,1-2H3. The van der Waals surface area contributed by atoms with Crippen molar-refractivity contribution >= 4 is 11.4 Å². The molecule has 0 bridgehead atoms. The molecule has 0 radical (unpaired) electrons. The molecule has 1 atom stereocenters. The Labute approximate surface area is 109 Å². The molecule has 0 saturated carbocycles. The maximum atomic E-state index is 9.76. The van der Waals surface area contributed by atoms with Crippen LogP contribution < -0.4 is 4.90 Å². The fraction of sp³-hybridized carbons (Fsp3) is 0.250. The van der Waals surface area contributed by atoms with Gasteiger partial charge in [0.15, 0.2) is 0 Å². The molecule has 0 aliphatic carbocycles. The van der Waals surface area contributed by atoms with Gasteiger partial charge in [-0.05, 0) is 36.2 Å². The third-order valence-corrected chi connectivity index (χ3v) is 3.20. The van der Waals surface area contributed by atoms with Gasteiger partial charge in [-0.25, -0.2) is 0 Å². The Bertz CT molecular complexity index is 478. The van der Waals surface area contributed by atoms with Gasteiger partial charge >= 0.3 is 0 Å². The lowest BCUT2D eigenvalue weighted by molar-refractivity contribution is 0.173. The zero-order chi connectivity index (χ0) is 13.0. The highest BCUT2D eigenvalue weighted by Gasteiger charge is 2.06. The second-order valence-electron chi connectivity index (χ2n) is 4.41. The Morgan fingerprint density at radius 1 is 0.944 bits per heavy atom. The highest BCUT2D eigenvalue weighted by Crippen LogP contribution is 2.25. The third-order valence-electron chi connectivity index (χ3n) is 3.20. The molecular formula is C16H19NO. The number of benzene rings is 2. The molecule has 2 aromatic rings. The van der Waals surface area contributed by atoms with E-state index < -0.39 is 0 Å². The summed E-state index contributed by atoms with van der Waals surface area (Å²) in [5.74, 6) is 0. The molecule has 1 N–H and O–H groups in total. The summed E-state index contributed by atoms with van der Waals surface area (Å²) >= 11 is 0. The summed E-state index contributed by atoms with van der Waals surface area (Å²) in [5.41, 5.74) is 3.25. The van der Waals surface area contributed by atoms with Gasteiger partial charge in [-0.3, -0.25) is 0 Å². The van der Waals surface area contributed by atoms with Crippen molar-refractivity contribution in [1.82, 2.24) is 0 Å². The third kappa shape index (κ3) is 2.71. The molecule has 0 aliphatic heterocycles. The molecule has 0 fully saturated rings. The molecule has 0 aromatic heterocycles. The number of hydrogen-bond donors (Lipinski definition) is 1. The highest BCUT2D eigenvalue weighted by atomic mass is 16.3. The average molecular weight is 241 g/mol. The van der Waals surface area contributed by atoms with Gasteiger partial charge in [-0.2, -0.15) is 0 Å². The Morgan fingerprint density at radius 3 is 2.06 bits per heavy atom. The molecule has 0 aliphatic rings. The Morgan fingerprint density at radius 2 is 1.50 bits per heavy atom. The Balaban J connectivity index is 2.19. The van der Waals surface area contributed by atoms with E-state index >= 15 is 0 Å². The van der Waals surface area contributed by atoms with Crippen LogP contribution in [0.3, 0.4) is 0 Å². The summed E-state index contributed by atoms with van der Waals surface area (Å²) in [6.45, 7) is 1.98. The lowest BCUT2D eigenvalue weighted by Gasteiger charge is -2.20. The van der Waals surface area contributed by atoms with Crippen molar-refractivity contribution in [2.45, 2.75) is 19.4 Å². The molecule has 1 unspecified atom stereocenters. The van der Waals surface area contributed by atoms with E-state index in [1.165, 1.54) is 0 Å². The lowest BCUT2D eigenvalue weighted by atomic mass is 10.1. The number of anilines is 2. The van der Waals surface area contributed by atoms with Crippen molar-refractivity contribution in [2.24, 2.45) is 0 Å². The summed E-state index contributed by atoms with van der Waals surface area (Å²) < 4.78 is 0. The fourth-order valence-electron chi connectivity index (χ4n) is 1.96. The number of para-hydroxylation sites is 1. The van der Waals surface area contributed by atoms with Crippen LogP contribution in [0.15, 0.2) is 54.6 Å². The predicted octanol–water partition coefficient (Wildman–Crippen LogP) is 3.90. The van der Waals surface area contributed by atoms with Crippen LogP contribution in [0.25, 0.3) is 0 Å². The Kier molecular flexibility index (Phi) is 4.00. The minimum atomic E-state index is -0.360. The van der Waals surface area contributed by atoms with E-state index in [1.807, 2.05) is 56.4 Å². The molecular weight excluding hydrogens is 222 g/mol. The number of rotatable bonds is 4. The normalized spacial score (nSPS) is 12.2. The molecule has 0 spiro atoms. The molecule has 2 nitrogen and oxygen atoms in total. The van der Waals surface area contributed by atoms with Gasteiger partial charge < -0.3 is 10.0 Å². The minimum Gasteiger partial charge on any atom is -0.388 e. The smallest absolute Gasteiger partial charge is 0.0787 e. The van der Waals surface area contributed by atoms with E-state index in [0.29, 0.717) is 0 Å². The monoisotopic (exact) mass is 241 g/mol. The fourth-order valence-corrected chi connectivity index (χ4v) is 1.96. The second-order valence-corrected chi connectivity index (χ2v) is 4.41. The lowest BCUT2D eigenvalue weighted by Crippen LogP contribution is -2.09. The first kappa shape index (κ1) is 12.7. The van der Waals surface area contributed by atoms with E-state index in [4.69, 9.17) is 0 Å². The van der Waals surface area contributed by atoms with Crippen LogP contribution in [0.4, 0.5) is 11.4 Å². The van der Waals surface area contributed by atoms with Crippen molar-refractivity contribution in [3.63, 3.8) is 0 Å². The Hall–Kier alpha value is -1.80. The van der Waals surface area contributed by atoms with Crippen LogP contribution in [0, 0.1) is 0 Å². The van der Waals surface area contributed by atoms with E-state index in [-0.39, 0.29) is 6.10 Å².